The third-order valence-electron chi connectivity index (χ3n) is 3.89. The molecule has 0 aliphatic carbocycles. The lowest BCUT2D eigenvalue weighted by Gasteiger charge is -2.27. The summed E-state index contributed by atoms with van der Waals surface area (Å²) < 4.78 is 22.5. The summed E-state index contributed by atoms with van der Waals surface area (Å²) in [5, 5.41) is 20.6. The molecule has 0 unspecified atom stereocenters. The van der Waals surface area contributed by atoms with Crippen LogP contribution in [0.5, 0.6) is 0 Å². The first kappa shape index (κ1) is 15.9. The smallest absolute Gasteiger partial charge is 0.189 e. The molecule has 5 atom stereocenters. The number of benzene rings is 1. The standard InChI is InChI=1S/C16H22O6/c1-16(2)21-14-13(18)12(17)11(9-20-15(14)22-16)19-8-10-6-4-3-5-7-10/h3-7,11-15,17-18H,8-9H2,1-2H3/t11-,12+,13+,14-,15-/m1/s1. The van der Waals surface area contributed by atoms with Gasteiger partial charge in [0.15, 0.2) is 12.1 Å². The fraction of sp³-hybridized carbons (Fsp3) is 0.625. The van der Waals surface area contributed by atoms with Gasteiger partial charge in [-0.2, -0.15) is 0 Å². The monoisotopic (exact) mass is 310 g/mol. The second-order valence-electron chi connectivity index (χ2n) is 6.12. The van der Waals surface area contributed by atoms with Gasteiger partial charge in [0.2, 0.25) is 0 Å². The minimum absolute atomic E-state index is 0.131. The molecule has 6 nitrogen and oxygen atoms in total. The quantitative estimate of drug-likeness (QED) is 0.860. The lowest BCUT2D eigenvalue weighted by molar-refractivity contribution is -0.208. The highest BCUT2D eigenvalue weighted by Gasteiger charge is 2.51. The van der Waals surface area contributed by atoms with E-state index in [1.807, 2.05) is 30.3 Å². The number of ether oxygens (including phenoxy) is 4. The molecule has 2 heterocycles. The Kier molecular flexibility index (Phi) is 4.49. The molecular formula is C16H22O6. The average molecular weight is 310 g/mol. The maximum Gasteiger partial charge on any atom is 0.189 e. The fourth-order valence-electron chi connectivity index (χ4n) is 2.74. The van der Waals surface area contributed by atoms with Crippen molar-refractivity contribution in [1.82, 2.24) is 0 Å². The van der Waals surface area contributed by atoms with Crippen molar-refractivity contribution in [2.45, 2.75) is 56.9 Å². The molecule has 1 aromatic rings. The predicted molar refractivity (Wildman–Crippen MR) is 76.8 cm³/mol. The first-order chi connectivity index (χ1) is 10.5. The van der Waals surface area contributed by atoms with Crippen LogP contribution >= 0.6 is 0 Å². The van der Waals surface area contributed by atoms with Crippen LogP contribution in [0.15, 0.2) is 30.3 Å². The molecule has 2 aliphatic rings. The van der Waals surface area contributed by atoms with Gasteiger partial charge in [0.05, 0.1) is 13.2 Å². The van der Waals surface area contributed by atoms with Crippen LogP contribution in [0.2, 0.25) is 0 Å². The Morgan fingerprint density at radius 2 is 1.86 bits per heavy atom. The Hall–Kier alpha value is -1.02. The SMILES string of the molecule is CC1(C)O[C@H]2OC[C@@H](OCc3ccccc3)[C@H](O)[C@H](O)[C@H]2O1. The first-order valence-corrected chi connectivity index (χ1v) is 7.45. The van der Waals surface area contributed by atoms with Gasteiger partial charge < -0.3 is 29.2 Å². The molecule has 2 N–H and O–H groups in total. The number of rotatable bonds is 3. The number of aliphatic hydroxyl groups excluding tert-OH is 2. The van der Waals surface area contributed by atoms with Gasteiger partial charge in [-0.25, -0.2) is 0 Å². The summed E-state index contributed by atoms with van der Waals surface area (Å²) in [6, 6.07) is 9.63. The zero-order valence-corrected chi connectivity index (χ0v) is 12.7. The van der Waals surface area contributed by atoms with E-state index in [4.69, 9.17) is 18.9 Å². The Balaban J connectivity index is 1.63. The summed E-state index contributed by atoms with van der Waals surface area (Å²) in [5.41, 5.74) is 0.988. The third kappa shape index (κ3) is 3.32. The van der Waals surface area contributed by atoms with E-state index in [2.05, 4.69) is 0 Å². The highest BCUT2D eigenvalue weighted by molar-refractivity contribution is 5.13. The number of hydrogen-bond donors (Lipinski definition) is 2. The van der Waals surface area contributed by atoms with Crippen LogP contribution in [0.1, 0.15) is 19.4 Å². The van der Waals surface area contributed by atoms with Crippen LogP contribution in [0.4, 0.5) is 0 Å². The summed E-state index contributed by atoms with van der Waals surface area (Å²) >= 11 is 0. The van der Waals surface area contributed by atoms with Gasteiger partial charge in [0, 0.05) is 0 Å². The molecule has 22 heavy (non-hydrogen) atoms. The maximum absolute atomic E-state index is 10.3. The van der Waals surface area contributed by atoms with E-state index in [0.29, 0.717) is 6.61 Å². The van der Waals surface area contributed by atoms with Crippen molar-refractivity contribution < 1.29 is 29.2 Å². The molecular weight excluding hydrogens is 288 g/mol. The fourth-order valence-corrected chi connectivity index (χ4v) is 2.74. The third-order valence-corrected chi connectivity index (χ3v) is 3.89. The minimum Gasteiger partial charge on any atom is -0.387 e. The van der Waals surface area contributed by atoms with E-state index in [9.17, 15) is 10.2 Å². The minimum atomic E-state index is -1.13. The number of hydrogen-bond acceptors (Lipinski definition) is 6. The zero-order valence-electron chi connectivity index (χ0n) is 12.7. The van der Waals surface area contributed by atoms with Crippen molar-refractivity contribution >= 4 is 0 Å². The molecule has 6 heteroatoms. The second kappa shape index (κ2) is 6.23. The van der Waals surface area contributed by atoms with Gasteiger partial charge in [-0.05, 0) is 19.4 Å². The average Bonchev–Trinajstić information content (AvgIpc) is 2.77. The molecule has 1 aromatic carbocycles. The summed E-state index contributed by atoms with van der Waals surface area (Å²) in [4.78, 5) is 0. The van der Waals surface area contributed by atoms with Crippen molar-refractivity contribution in [2.75, 3.05) is 6.61 Å². The van der Waals surface area contributed by atoms with Crippen molar-refractivity contribution in [3.63, 3.8) is 0 Å². The molecule has 0 saturated carbocycles. The van der Waals surface area contributed by atoms with E-state index in [1.165, 1.54) is 0 Å². The van der Waals surface area contributed by atoms with Crippen LogP contribution in [0, 0.1) is 0 Å². The second-order valence-corrected chi connectivity index (χ2v) is 6.12. The summed E-state index contributed by atoms with van der Waals surface area (Å²) in [6.07, 6.45) is -4.30. The molecule has 2 fully saturated rings. The van der Waals surface area contributed by atoms with Crippen LogP contribution in [0.25, 0.3) is 0 Å². The highest BCUT2D eigenvalue weighted by Crippen LogP contribution is 2.34. The van der Waals surface area contributed by atoms with Gasteiger partial charge in [-0.1, -0.05) is 30.3 Å². The van der Waals surface area contributed by atoms with E-state index in [0.717, 1.165) is 5.56 Å². The molecule has 122 valence electrons. The van der Waals surface area contributed by atoms with E-state index in [1.54, 1.807) is 13.8 Å². The Morgan fingerprint density at radius 3 is 2.59 bits per heavy atom. The maximum atomic E-state index is 10.3. The van der Waals surface area contributed by atoms with E-state index < -0.39 is 36.5 Å². The van der Waals surface area contributed by atoms with E-state index in [-0.39, 0.29) is 6.61 Å². The van der Waals surface area contributed by atoms with Gasteiger partial charge in [-0.3, -0.25) is 0 Å². The van der Waals surface area contributed by atoms with Gasteiger partial charge >= 0.3 is 0 Å². The molecule has 2 saturated heterocycles. The largest absolute Gasteiger partial charge is 0.387 e. The van der Waals surface area contributed by atoms with Crippen LogP contribution in [-0.2, 0) is 25.6 Å². The van der Waals surface area contributed by atoms with Crippen molar-refractivity contribution in [3.8, 4) is 0 Å². The predicted octanol–water partition coefficient (Wildman–Crippen LogP) is 0.801. The van der Waals surface area contributed by atoms with Gasteiger partial charge in [-0.15, -0.1) is 0 Å². The lowest BCUT2D eigenvalue weighted by atomic mass is 10.0. The summed E-state index contributed by atoms with van der Waals surface area (Å²) in [5.74, 6) is -0.840. The molecule has 3 rings (SSSR count). The van der Waals surface area contributed by atoms with Crippen molar-refractivity contribution in [2.24, 2.45) is 0 Å². The zero-order chi connectivity index (χ0) is 15.7. The summed E-state index contributed by atoms with van der Waals surface area (Å²) in [6.45, 7) is 3.95. The molecule has 0 spiro atoms. The first-order valence-electron chi connectivity index (χ1n) is 7.45. The Labute approximate surface area is 129 Å². The number of fused-ring (bicyclic) bond motifs is 1. The van der Waals surface area contributed by atoms with Crippen LogP contribution < -0.4 is 0 Å². The molecule has 0 aromatic heterocycles. The van der Waals surface area contributed by atoms with Crippen LogP contribution in [-0.4, -0.2) is 53.3 Å². The molecule has 0 amide bonds. The van der Waals surface area contributed by atoms with Gasteiger partial charge in [0.1, 0.15) is 24.4 Å². The molecule has 0 bridgehead atoms. The topological polar surface area (TPSA) is 77.4 Å². The van der Waals surface area contributed by atoms with Crippen molar-refractivity contribution in [3.05, 3.63) is 35.9 Å². The Bertz CT molecular complexity index is 491. The van der Waals surface area contributed by atoms with Gasteiger partial charge in [0.25, 0.3) is 0 Å². The lowest BCUT2D eigenvalue weighted by Crippen LogP contribution is -2.46. The normalized spacial score (nSPS) is 37.5. The molecule has 0 radical (unpaired) electrons. The van der Waals surface area contributed by atoms with Crippen LogP contribution in [0.3, 0.4) is 0 Å². The molecule has 2 aliphatic heterocycles. The van der Waals surface area contributed by atoms with Crippen molar-refractivity contribution in [1.29, 1.82) is 0 Å². The summed E-state index contributed by atoms with van der Waals surface area (Å²) in [7, 11) is 0. The van der Waals surface area contributed by atoms with E-state index >= 15 is 0 Å². The Morgan fingerprint density at radius 1 is 1.14 bits per heavy atom. The highest BCUT2D eigenvalue weighted by atomic mass is 16.8. The number of aliphatic hydroxyl groups is 2.